The van der Waals surface area contributed by atoms with Crippen LogP contribution < -0.4 is 4.90 Å². The Hall–Kier alpha value is -2.46. The molecule has 1 saturated carbocycles. The third kappa shape index (κ3) is 2.79. The van der Waals surface area contributed by atoms with Gasteiger partial charge >= 0.3 is 0 Å². The summed E-state index contributed by atoms with van der Waals surface area (Å²) in [6.45, 7) is 3.94. The van der Waals surface area contributed by atoms with Crippen molar-refractivity contribution in [1.29, 1.82) is 0 Å². The Morgan fingerprint density at radius 1 is 1.00 bits per heavy atom. The average molecular weight is 363 g/mol. The molecular weight excluding hydrogens is 338 g/mol. The van der Waals surface area contributed by atoms with E-state index in [0.29, 0.717) is 25.7 Å². The molecule has 1 aliphatic heterocycles. The van der Waals surface area contributed by atoms with E-state index < -0.39 is 17.6 Å². The van der Waals surface area contributed by atoms with Crippen molar-refractivity contribution in [2.45, 2.75) is 57.1 Å². The van der Waals surface area contributed by atoms with Crippen LogP contribution in [0.1, 0.15) is 48.3 Å². The van der Waals surface area contributed by atoms with Gasteiger partial charge in [-0.25, -0.2) is 0 Å². The molecule has 1 spiro atoms. The molecule has 2 aromatic carbocycles. The van der Waals surface area contributed by atoms with Gasteiger partial charge in [0.25, 0.3) is 0 Å². The summed E-state index contributed by atoms with van der Waals surface area (Å²) in [5.41, 5.74) is 2.74. The van der Waals surface area contributed by atoms with Gasteiger partial charge in [-0.2, -0.15) is 0 Å². The van der Waals surface area contributed by atoms with Crippen molar-refractivity contribution in [3.05, 3.63) is 65.2 Å². The molecular formula is C23H25NO3. The number of nitrogens with zero attached hydrogens (tertiary/aromatic N) is 1. The van der Waals surface area contributed by atoms with E-state index >= 15 is 0 Å². The van der Waals surface area contributed by atoms with Gasteiger partial charge in [-0.3, -0.25) is 14.5 Å². The zero-order valence-corrected chi connectivity index (χ0v) is 15.8. The molecule has 2 aromatic rings. The first-order valence-electron chi connectivity index (χ1n) is 9.63. The van der Waals surface area contributed by atoms with Crippen molar-refractivity contribution in [1.82, 2.24) is 0 Å². The molecule has 27 heavy (non-hydrogen) atoms. The highest BCUT2D eigenvalue weighted by Gasteiger charge is 2.59. The van der Waals surface area contributed by atoms with E-state index in [1.54, 1.807) is 4.90 Å². The minimum Gasteiger partial charge on any atom is -0.393 e. The summed E-state index contributed by atoms with van der Waals surface area (Å²) in [5.74, 6) is -0.923. The first-order valence-corrected chi connectivity index (χ1v) is 9.63. The minimum atomic E-state index is -0.849. The summed E-state index contributed by atoms with van der Waals surface area (Å²) in [6.07, 6.45) is 1.71. The molecule has 4 rings (SSSR count). The summed E-state index contributed by atoms with van der Waals surface area (Å²) >= 11 is 0. The Bertz CT molecular complexity index is 882. The average Bonchev–Trinajstić information content (AvgIpc) is 2.87. The zero-order valence-electron chi connectivity index (χ0n) is 15.8. The number of anilines is 1. The summed E-state index contributed by atoms with van der Waals surface area (Å²) in [4.78, 5) is 29.0. The third-order valence-corrected chi connectivity index (χ3v) is 6.16. The van der Waals surface area contributed by atoms with Crippen LogP contribution in [0, 0.1) is 13.8 Å². The lowest BCUT2D eigenvalue weighted by molar-refractivity contribution is -0.126. The van der Waals surface area contributed by atoms with Gasteiger partial charge in [0.2, 0.25) is 5.91 Å². The topological polar surface area (TPSA) is 57.6 Å². The molecule has 2 fully saturated rings. The van der Waals surface area contributed by atoms with Crippen LogP contribution in [0.15, 0.2) is 48.5 Å². The number of amides is 1. The van der Waals surface area contributed by atoms with Gasteiger partial charge in [-0.15, -0.1) is 0 Å². The fourth-order valence-corrected chi connectivity index (χ4v) is 4.68. The van der Waals surface area contributed by atoms with Gasteiger partial charge in [0.1, 0.15) is 11.5 Å². The van der Waals surface area contributed by atoms with Crippen LogP contribution >= 0.6 is 0 Å². The number of carbonyl (C=O) groups is 2. The Kier molecular flexibility index (Phi) is 4.39. The van der Waals surface area contributed by atoms with E-state index in [9.17, 15) is 14.7 Å². The van der Waals surface area contributed by atoms with E-state index in [1.165, 1.54) is 0 Å². The standard InChI is InChI=1S/C23H25NO3/c1-15-8-9-16(2)19(14-15)20-21(26)23(12-10-18(25)11-13-23)24(22(20)27)17-6-4-3-5-7-17/h3-9,14,18,20,25H,10-13H2,1-2H3. The van der Waals surface area contributed by atoms with E-state index in [1.807, 2.05) is 62.4 Å². The molecule has 4 nitrogen and oxygen atoms in total. The van der Waals surface area contributed by atoms with E-state index in [0.717, 1.165) is 22.4 Å². The lowest BCUT2D eigenvalue weighted by atomic mass is 9.75. The van der Waals surface area contributed by atoms with Gasteiger partial charge in [0.05, 0.1) is 6.10 Å². The SMILES string of the molecule is Cc1ccc(C)c(C2C(=O)N(c3ccccc3)C3(CCC(O)CC3)C2=O)c1. The second-order valence-corrected chi connectivity index (χ2v) is 7.93. The highest BCUT2D eigenvalue weighted by Crippen LogP contribution is 2.48. The summed E-state index contributed by atoms with van der Waals surface area (Å²) in [7, 11) is 0. The van der Waals surface area contributed by atoms with E-state index in [2.05, 4.69) is 0 Å². The van der Waals surface area contributed by atoms with Crippen molar-refractivity contribution >= 4 is 17.4 Å². The second kappa shape index (κ2) is 6.61. The van der Waals surface area contributed by atoms with Crippen molar-refractivity contribution < 1.29 is 14.7 Å². The number of aliphatic hydroxyl groups is 1. The summed E-state index contributed by atoms with van der Waals surface area (Å²) < 4.78 is 0. The third-order valence-electron chi connectivity index (χ3n) is 6.16. The van der Waals surface area contributed by atoms with Gasteiger partial charge in [0.15, 0.2) is 5.78 Å². The predicted octanol–water partition coefficient (Wildman–Crippen LogP) is 3.68. The normalized spacial score (nSPS) is 28.2. The van der Waals surface area contributed by atoms with Crippen LogP contribution in [0.5, 0.6) is 0 Å². The fourth-order valence-electron chi connectivity index (χ4n) is 4.68. The number of hydrogen-bond acceptors (Lipinski definition) is 3. The molecule has 1 unspecified atom stereocenters. The van der Waals surface area contributed by atoms with Gasteiger partial charge in [-0.05, 0) is 62.8 Å². The van der Waals surface area contributed by atoms with Crippen molar-refractivity contribution in [3.63, 3.8) is 0 Å². The number of aliphatic hydroxyl groups excluding tert-OH is 1. The molecule has 0 bridgehead atoms. The minimum absolute atomic E-state index is 0.0167. The molecule has 0 radical (unpaired) electrons. The quantitative estimate of drug-likeness (QED) is 0.828. The van der Waals surface area contributed by atoms with Crippen LogP contribution in [0.2, 0.25) is 0 Å². The van der Waals surface area contributed by atoms with Crippen LogP contribution in [-0.4, -0.2) is 28.4 Å². The molecule has 1 aliphatic carbocycles. The lowest BCUT2D eigenvalue weighted by Crippen LogP contribution is -2.53. The number of aryl methyl sites for hydroxylation is 2. The molecule has 4 heteroatoms. The van der Waals surface area contributed by atoms with Crippen molar-refractivity contribution in [2.24, 2.45) is 0 Å². The zero-order chi connectivity index (χ0) is 19.2. The lowest BCUT2D eigenvalue weighted by Gasteiger charge is -2.41. The number of benzene rings is 2. The van der Waals surface area contributed by atoms with Crippen LogP contribution in [-0.2, 0) is 9.59 Å². The van der Waals surface area contributed by atoms with Crippen LogP contribution in [0.25, 0.3) is 0 Å². The largest absolute Gasteiger partial charge is 0.393 e. The first kappa shape index (κ1) is 17.9. The summed E-state index contributed by atoms with van der Waals surface area (Å²) in [6, 6.07) is 15.4. The number of ketones is 1. The molecule has 0 aromatic heterocycles. The van der Waals surface area contributed by atoms with E-state index in [4.69, 9.17) is 0 Å². The number of para-hydroxylation sites is 1. The Labute approximate surface area is 159 Å². The van der Waals surface area contributed by atoms with Gasteiger partial charge < -0.3 is 5.11 Å². The number of Topliss-reactive ketones (excluding diaryl/α,β-unsaturated/α-hetero) is 1. The Morgan fingerprint density at radius 2 is 1.67 bits per heavy atom. The van der Waals surface area contributed by atoms with Crippen molar-refractivity contribution in [2.75, 3.05) is 4.90 Å². The Balaban J connectivity index is 1.86. The Morgan fingerprint density at radius 3 is 2.33 bits per heavy atom. The molecule has 1 atom stereocenters. The highest BCUT2D eigenvalue weighted by atomic mass is 16.3. The first-order chi connectivity index (χ1) is 12.9. The van der Waals surface area contributed by atoms with Crippen LogP contribution in [0.3, 0.4) is 0 Å². The molecule has 2 aliphatic rings. The molecule has 1 N–H and O–H groups in total. The predicted molar refractivity (Wildman–Crippen MR) is 105 cm³/mol. The number of carbonyl (C=O) groups excluding carboxylic acids is 2. The summed E-state index contributed by atoms with van der Waals surface area (Å²) in [5, 5.41) is 10.0. The maximum atomic E-state index is 13.7. The highest BCUT2D eigenvalue weighted by molar-refractivity contribution is 6.25. The molecule has 1 amide bonds. The van der Waals surface area contributed by atoms with Gasteiger partial charge in [-0.1, -0.05) is 42.0 Å². The molecule has 140 valence electrons. The second-order valence-electron chi connectivity index (χ2n) is 7.93. The van der Waals surface area contributed by atoms with Crippen molar-refractivity contribution in [3.8, 4) is 0 Å². The van der Waals surface area contributed by atoms with Gasteiger partial charge in [0, 0.05) is 5.69 Å². The number of hydrogen-bond donors (Lipinski definition) is 1. The van der Waals surface area contributed by atoms with E-state index in [-0.39, 0.29) is 11.7 Å². The monoisotopic (exact) mass is 363 g/mol. The fraction of sp³-hybridized carbons (Fsp3) is 0.391. The smallest absolute Gasteiger partial charge is 0.243 e. The molecule has 1 saturated heterocycles. The molecule has 1 heterocycles. The van der Waals surface area contributed by atoms with Crippen LogP contribution in [0.4, 0.5) is 5.69 Å². The number of rotatable bonds is 2. The maximum Gasteiger partial charge on any atom is 0.243 e. The maximum absolute atomic E-state index is 13.7.